The van der Waals surface area contributed by atoms with Crippen LogP contribution in [-0.4, -0.2) is 11.5 Å². The average Bonchev–Trinajstić information content (AvgIpc) is 2.38. The van der Waals surface area contributed by atoms with Crippen LogP contribution >= 0.6 is 0 Å². The third-order valence-corrected chi connectivity index (χ3v) is 3.47. The second-order valence-corrected chi connectivity index (χ2v) is 4.97. The molecule has 2 rings (SSSR count). The maximum atomic E-state index is 14.7. The van der Waals surface area contributed by atoms with Gasteiger partial charge in [-0.1, -0.05) is 38.1 Å². The van der Waals surface area contributed by atoms with Crippen molar-refractivity contribution >= 4 is 10.9 Å². The first-order chi connectivity index (χ1) is 8.65. The van der Waals surface area contributed by atoms with E-state index in [0.29, 0.717) is 12.1 Å². The van der Waals surface area contributed by atoms with E-state index < -0.39 is 6.17 Å². The van der Waals surface area contributed by atoms with Gasteiger partial charge in [-0.05, 0) is 18.5 Å². The Morgan fingerprint density at radius 3 is 2.61 bits per heavy atom. The number of fused-ring (bicyclic) bond motifs is 1. The minimum atomic E-state index is -1.06. The molecule has 2 unspecified atom stereocenters. The Morgan fingerprint density at radius 1 is 1.22 bits per heavy atom. The van der Waals surface area contributed by atoms with Crippen molar-refractivity contribution in [1.82, 2.24) is 4.98 Å². The SMILES string of the molecule is CC(C)C(CN)C(F)c1cccc2cccnc12. The van der Waals surface area contributed by atoms with Gasteiger partial charge in [0.25, 0.3) is 0 Å². The zero-order chi connectivity index (χ0) is 13.1. The van der Waals surface area contributed by atoms with Crippen LogP contribution in [0.5, 0.6) is 0 Å². The number of benzene rings is 1. The molecule has 0 saturated carbocycles. The Hall–Kier alpha value is -1.48. The van der Waals surface area contributed by atoms with E-state index in [2.05, 4.69) is 4.98 Å². The van der Waals surface area contributed by atoms with Gasteiger partial charge >= 0.3 is 0 Å². The van der Waals surface area contributed by atoms with Crippen LogP contribution in [0.4, 0.5) is 4.39 Å². The first kappa shape index (κ1) is 13.0. The maximum Gasteiger partial charge on any atom is 0.131 e. The van der Waals surface area contributed by atoms with Crippen LogP contribution < -0.4 is 5.73 Å². The highest BCUT2D eigenvalue weighted by molar-refractivity contribution is 5.81. The van der Waals surface area contributed by atoms with Gasteiger partial charge < -0.3 is 5.73 Å². The Kier molecular flexibility index (Phi) is 3.92. The van der Waals surface area contributed by atoms with Gasteiger partial charge in [0.2, 0.25) is 0 Å². The van der Waals surface area contributed by atoms with Gasteiger partial charge in [0.1, 0.15) is 6.17 Å². The molecule has 2 atom stereocenters. The Bertz CT molecular complexity index is 519. The number of pyridine rings is 1. The second kappa shape index (κ2) is 5.44. The van der Waals surface area contributed by atoms with Crippen LogP contribution in [0.15, 0.2) is 36.5 Å². The highest BCUT2D eigenvalue weighted by Crippen LogP contribution is 2.34. The van der Waals surface area contributed by atoms with Crippen molar-refractivity contribution in [3.8, 4) is 0 Å². The van der Waals surface area contributed by atoms with E-state index in [1.165, 1.54) is 0 Å². The lowest BCUT2D eigenvalue weighted by Gasteiger charge is -2.23. The van der Waals surface area contributed by atoms with Crippen LogP contribution in [0.2, 0.25) is 0 Å². The number of nitrogens with zero attached hydrogens (tertiary/aromatic N) is 1. The van der Waals surface area contributed by atoms with Crippen molar-refractivity contribution in [3.63, 3.8) is 0 Å². The number of hydrogen-bond acceptors (Lipinski definition) is 2. The third-order valence-electron chi connectivity index (χ3n) is 3.47. The molecule has 2 N–H and O–H groups in total. The van der Waals surface area contributed by atoms with Gasteiger partial charge in [-0.15, -0.1) is 0 Å². The smallest absolute Gasteiger partial charge is 0.131 e. The van der Waals surface area contributed by atoms with Crippen LogP contribution in [0, 0.1) is 11.8 Å². The molecule has 0 aliphatic carbocycles. The summed E-state index contributed by atoms with van der Waals surface area (Å²) in [5.41, 5.74) is 7.09. The summed E-state index contributed by atoms with van der Waals surface area (Å²) in [4.78, 5) is 4.30. The van der Waals surface area contributed by atoms with E-state index in [-0.39, 0.29) is 11.8 Å². The summed E-state index contributed by atoms with van der Waals surface area (Å²) < 4.78 is 14.7. The maximum absolute atomic E-state index is 14.7. The molecule has 1 aromatic carbocycles. The quantitative estimate of drug-likeness (QED) is 0.897. The molecule has 2 aromatic rings. The Morgan fingerprint density at radius 2 is 1.94 bits per heavy atom. The lowest BCUT2D eigenvalue weighted by molar-refractivity contribution is 0.190. The number of rotatable bonds is 4. The molecule has 0 saturated heterocycles. The van der Waals surface area contributed by atoms with E-state index in [1.54, 1.807) is 6.20 Å². The molecule has 2 nitrogen and oxygen atoms in total. The van der Waals surface area contributed by atoms with Gasteiger partial charge in [0, 0.05) is 23.1 Å². The van der Waals surface area contributed by atoms with E-state index in [1.807, 2.05) is 44.2 Å². The van der Waals surface area contributed by atoms with Crippen LogP contribution in [0.25, 0.3) is 10.9 Å². The third kappa shape index (κ3) is 2.36. The molecule has 3 heteroatoms. The fraction of sp³-hybridized carbons (Fsp3) is 0.400. The molecule has 0 aliphatic heterocycles. The van der Waals surface area contributed by atoms with Crippen molar-refractivity contribution in [3.05, 3.63) is 42.1 Å². The second-order valence-electron chi connectivity index (χ2n) is 4.97. The van der Waals surface area contributed by atoms with E-state index in [4.69, 9.17) is 5.73 Å². The van der Waals surface area contributed by atoms with Crippen LogP contribution in [-0.2, 0) is 0 Å². The Labute approximate surface area is 107 Å². The summed E-state index contributed by atoms with van der Waals surface area (Å²) in [7, 11) is 0. The molecule has 18 heavy (non-hydrogen) atoms. The summed E-state index contributed by atoms with van der Waals surface area (Å²) in [5, 5.41) is 0.970. The van der Waals surface area contributed by atoms with Crippen molar-refractivity contribution in [2.45, 2.75) is 20.0 Å². The average molecular weight is 246 g/mol. The number of para-hydroxylation sites is 1. The predicted octanol–water partition coefficient (Wildman–Crippen LogP) is 3.48. The number of hydrogen-bond donors (Lipinski definition) is 1. The van der Waals surface area contributed by atoms with Crippen molar-refractivity contribution in [2.24, 2.45) is 17.6 Å². The standard InChI is InChI=1S/C15H19FN2/c1-10(2)13(9-17)14(16)12-7-3-5-11-6-4-8-18-15(11)12/h3-8,10,13-14H,9,17H2,1-2H3. The summed E-state index contributed by atoms with van der Waals surface area (Å²) in [5.74, 6) is 0.0431. The van der Waals surface area contributed by atoms with E-state index >= 15 is 0 Å². The van der Waals surface area contributed by atoms with Crippen molar-refractivity contribution in [2.75, 3.05) is 6.54 Å². The number of halogens is 1. The predicted molar refractivity (Wildman–Crippen MR) is 73.0 cm³/mol. The fourth-order valence-corrected chi connectivity index (χ4v) is 2.31. The van der Waals surface area contributed by atoms with Gasteiger partial charge in [0.15, 0.2) is 0 Å². The van der Waals surface area contributed by atoms with Gasteiger partial charge in [-0.25, -0.2) is 4.39 Å². The normalized spacial score (nSPS) is 14.9. The Balaban J connectivity index is 2.47. The van der Waals surface area contributed by atoms with E-state index in [0.717, 1.165) is 10.9 Å². The first-order valence-electron chi connectivity index (χ1n) is 6.33. The highest BCUT2D eigenvalue weighted by Gasteiger charge is 2.26. The summed E-state index contributed by atoms with van der Waals surface area (Å²) in [6.45, 7) is 4.35. The lowest BCUT2D eigenvalue weighted by atomic mass is 9.87. The topological polar surface area (TPSA) is 38.9 Å². The van der Waals surface area contributed by atoms with Gasteiger partial charge in [0.05, 0.1) is 5.52 Å². The fourth-order valence-electron chi connectivity index (χ4n) is 2.31. The minimum Gasteiger partial charge on any atom is -0.330 e. The highest BCUT2D eigenvalue weighted by atomic mass is 19.1. The largest absolute Gasteiger partial charge is 0.330 e. The minimum absolute atomic E-state index is 0.169. The van der Waals surface area contributed by atoms with Crippen LogP contribution in [0.1, 0.15) is 25.6 Å². The number of alkyl halides is 1. The number of nitrogens with two attached hydrogens (primary N) is 1. The molecule has 96 valence electrons. The lowest BCUT2D eigenvalue weighted by Crippen LogP contribution is -2.24. The molecule has 0 aliphatic rings. The van der Waals surface area contributed by atoms with E-state index in [9.17, 15) is 4.39 Å². The summed E-state index contributed by atoms with van der Waals surface area (Å²) >= 11 is 0. The van der Waals surface area contributed by atoms with Gasteiger partial charge in [-0.3, -0.25) is 4.98 Å². The summed E-state index contributed by atoms with van der Waals surface area (Å²) in [6.07, 6.45) is 0.638. The first-order valence-corrected chi connectivity index (χ1v) is 6.33. The number of aromatic nitrogens is 1. The molecular formula is C15H19FN2. The van der Waals surface area contributed by atoms with Crippen LogP contribution in [0.3, 0.4) is 0 Å². The zero-order valence-corrected chi connectivity index (χ0v) is 10.8. The molecule has 0 bridgehead atoms. The van der Waals surface area contributed by atoms with Crippen molar-refractivity contribution < 1.29 is 4.39 Å². The van der Waals surface area contributed by atoms with Crippen molar-refractivity contribution in [1.29, 1.82) is 0 Å². The molecule has 0 radical (unpaired) electrons. The zero-order valence-electron chi connectivity index (χ0n) is 10.8. The molecule has 1 heterocycles. The summed E-state index contributed by atoms with van der Waals surface area (Å²) in [6, 6.07) is 9.45. The molecule has 0 spiro atoms. The molecule has 1 aromatic heterocycles. The monoisotopic (exact) mass is 246 g/mol. The molecule has 0 amide bonds. The molecule has 0 fully saturated rings. The molecular weight excluding hydrogens is 227 g/mol. The van der Waals surface area contributed by atoms with Gasteiger partial charge in [-0.2, -0.15) is 0 Å².